The first kappa shape index (κ1) is 18.3. The number of benzene rings is 1. The molecule has 1 heterocycles. The minimum absolute atomic E-state index is 0.0220. The number of hydrogen-bond acceptors (Lipinski definition) is 3. The molecule has 1 aromatic rings. The van der Waals surface area contributed by atoms with Crippen molar-refractivity contribution in [3.63, 3.8) is 0 Å². The summed E-state index contributed by atoms with van der Waals surface area (Å²) in [6.07, 6.45) is 1.15. The zero-order chi connectivity index (χ0) is 18.0. The normalized spacial score (nSPS) is 14.9. The van der Waals surface area contributed by atoms with E-state index in [4.69, 9.17) is 4.74 Å². The highest BCUT2D eigenvalue weighted by atomic mass is 16.5. The first-order valence-electron chi connectivity index (χ1n) is 8.41. The predicted molar refractivity (Wildman–Crippen MR) is 95.2 cm³/mol. The Bertz CT molecular complexity index is 617. The Hall–Kier alpha value is -2.04. The highest BCUT2D eigenvalue weighted by molar-refractivity contribution is 5.98. The summed E-state index contributed by atoms with van der Waals surface area (Å²) in [5.41, 5.74) is 0.591. The van der Waals surface area contributed by atoms with E-state index in [1.165, 1.54) is 0 Å². The Labute approximate surface area is 144 Å². The number of rotatable bonds is 5. The molecule has 1 N–H and O–H groups in total. The summed E-state index contributed by atoms with van der Waals surface area (Å²) in [7, 11) is 0. The average molecular weight is 332 g/mol. The van der Waals surface area contributed by atoms with Gasteiger partial charge in [-0.25, -0.2) is 0 Å². The van der Waals surface area contributed by atoms with Crippen molar-refractivity contribution < 1.29 is 14.3 Å². The van der Waals surface area contributed by atoms with Crippen molar-refractivity contribution in [3.05, 3.63) is 24.3 Å². The van der Waals surface area contributed by atoms with Gasteiger partial charge in [0.1, 0.15) is 5.75 Å². The number of fused-ring (bicyclic) bond motifs is 1. The lowest BCUT2D eigenvalue weighted by Gasteiger charge is -2.34. The van der Waals surface area contributed by atoms with E-state index >= 15 is 0 Å². The number of para-hydroxylation sites is 2. The van der Waals surface area contributed by atoms with Crippen LogP contribution >= 0.6 is 0 Å². The Morgan fingerprint density at radius 3 is 2.54 bits per heavy atom. The summed E-state index contributed by atoms with van der Waals surface area (Å²) < 4.78 is 5.42. The maximum absolute atomic E-state index is 12.3. The highest BCUT2D eigenvalue weighted by Crippen LogP contribution is 2.31. The molecule has 24 heavy (non-hydrogen) atoms. The second-order valence-corrected chi connectivity index (χ2v) is 8.22. The van der Waals surface area contributed by atoms with Crippen molar-refractivity contribution >= 4 is 17.5 Å². The second-order valence-electron chi connectivity index (χ2n) is 8.22. The molecule has 0 saturated carbocycles. The Morgan fingerprint density at radius 2 is 1.88 bits per heavy atom. The lowest BCUT2D eigenvalue weighted by molar-refractivity contribution is -0.123. The van der Waals surface area contributed by atoms with E-state index in [1.807, 2.05) is 38.1 Å². The third-order valence-corrected chi connectivity index (χ3v) is 3.82. The first-order chi connectivity index (χ1) is 11.1. The molecule has 0 aliphatic carbocycles. The van der Waals surface area contributed by atoms with Crippen LogP contribution in [0, 0.1) is 5.41 Å². The zero-order valence-corrected chi connectivity index (χ0v) is 15.3. The van der Waals surface area contributed by atoms with Crippen molar-refractivity contribution in [3.8, 4) is 5.75 Å². The summed E-state index contributed by atoms with van der Waals surface area (Å²) in [6, 6.07) is 7.41. The standard InChI is InChI=1S/C19H28N2O3/c1-18(2,3)13-19(4,5)20-16(22)10-11-21-14-8-6-7-9-15(14)24-12-17(21)23/h6-9H,10-13H2,1-5H3,(H,20,22). The van der Waals surface area contributed by atoms with Gasteiger partial charge in [0.15, 0.2) is 6.61 Å². The summed E-state index contributed by atoms with van der Waals surface area (Å²) in [5, 5.41) is 3.08. The fraction of sp³-hybridized carbons (Fsp3) is 0.579. The van der Waals surface area contributed by atoms with E-state index in [9.17, 15) is 9.59 Å². The van der Waals surface area contributed by atoms with Crippen LogP contribution in [0.2, 0.25) is 0 Å². The van der Waals surface area contributed by atoms with E-state index in [-0.39, 0.29) is 35.8 Å². The molecule has 2 amide bonds. The van der Waals surface area contributed by atoms with Crippen molar-refractivity contribution in [1.29, 1.82) is 0 Å². The highest BCUT2D eigenvalue weighted by Gasteiger charge is 2.29. The molecule has 0 radical (unpaired) electrons. The summed E-state index contributed by atoms with van der Waals surface area (Å²) >= 11 is 0. The van der Waals surface area contributed by atoms with Gasteiger partial charge in [-0.1, -0.05) is 32.9 Å². The first-order valence-corrected chi connectivity index (χ1v) is 8.41. The molecule has 5 heteroatoms. The largest absolute Gasteiger partial charge is 0.482 e. The fourth-order valence-electron chi connectivity index (χ4n) is 3.42. The minimum Gasteiger partial charge on any atom is -0.482 e. The van der Waals surface area contributed by atoms with Crippen LogP contribution in [0.4, 0.5) is 5.69 Å². The van der Waals surface area contributed by atoms with Gasteiger partial charge in [0, 0.05) is 18.5 Å². The molecular weight excluding hydrogens is 304 g/mol. The van der Waals surface area contributed by atoms with Gasteiger partial charge in [-0.05, 0) is 37.8 Å². The Kier molecular flexibility index (Phi) is 5.21. The van der Waals surface area contributed by atoms with Gasteiger partial charge >= 0.3 is 0 Å². The van der Waals surface area contributed by atoms with Crippen LogP contribution in [0.15, 0.2) is 24.3 Å². The number of amides is 2. The number of hydrogen-bond donors (Lipinski definition) is 1. The van der Waals surface area contributed by atoms with E-state index in [0.717, 1.165) is 12.1 Å². The van der Waals surface area contributed by atoms with Gasteiger partial charge in [0.05, 0.1) is 5.69 Å². The smallest absolute Gasteiger partial charge is 0.265 e. The molecule has 0 bridgehead atoms. The van der Waals surface area contributed by atoms with E-state index in [2.05, 4.69) is 26.1 Å². The molecule has 0 saturated heterocycles. The van der Waals surface area contributed by atoms with Crippen molar-refractivity contribution in [2.45, 2.75) is 53.0 Å². The number of nitrogens with zero attached hydrogens (tertiary/aromatic N) is 1. The van der Waals surface area contributed by atoms with Gasteiger partial charge in [0.25, 0.3) is 5.91 Å². The maximum Gasteiger partial charge on any atom is 0.265 e. The number of ether oxygens (including phenoxy) is 1. The van der Waals surface area contributed by atoms with Crippen molar-refractivity contribution in [1.82, 2.24) is 5.32 Å². The molecule has 2 rings (SSSR count). The van der Waals surface area contributed by atoms with Crippen LogP contribution < -0.4 is 15.0 Å². The lowest BCUT2D eigenvalue weighted by atomic mass is 9.82. The number of carbonyl (C=O) groups is 2. The van der Waals surface area contributed by atoms with Crippen LogP contribution in [-0.2, 0) is 9.59 Å². The van der Waals surface area contributed by atoms with Crippen molar-refractivity contribution in [2.24, 2.45) is 5.41 Å². The van der Waals surface area contributed by atoms with Crippen LogP contribution in [0.1, 0.15) is 47.5 Å². The molecule has 1 aromatic carbocycles. The van der Waals surface area contributed by atoms with Gasteiger partial charge < -0.3 is 15.0 Å². The molecule has 1 aliphatic rings. The predicted octanol–water partition coefficient (Wildman–Crippen LogP) is 3.13. The quantitative estimate of drug-likeness (QED) is 0.901. The van der Waals surface area contributed by atoms with E-state index in [1.54, 1.807) is 4.90 Å². The van der Waals surface area contributed by atoms with Crippen LogP contribution in [-0.4, -0.2) is 30.5 Å². The Balaban J connectivity index is 1.96. The zero-order valence-electron chi connectivity index (χ0n) is 15.3. The van der Waals surface area contributed by atoms with E-state index in [0.29, 0.717) is 12.3 Å². The summed E-state index contributed by atoms with van der Waals surface area (Å²) in [5.74, 6) is 0.530. The minimum atomic E-state index is -0.276. The number of nitrogens with one attached hydrogen (secondary N) is 1. The molecule has 5 nitrogen and oxygen atoms in total. The second kappa shape index (κ2) is 6.83. The topological polar surface area (TPSA) is 58.6 Å². The molecular formula is C19H28N2O3. The van der Waals surface area contributed by atoms with Crippen molar-refractivity contribution in [2.75, 3.05) is 18.1 Å². The molecule has 0 unspecified atom stereocenters. The van der Waals surface area contributed by atoms with Crippen LogP contribution in [0.5, 0.6) is 5.75 Å². The molecule has 0 aromatic heterocycles. The monoisotopic (exact) mass is 332 g/mol. The van der Waals surface area contributed by atoms with Crippen LogP contribution in [0.3, 0.4) is 0 Å². The Morgan fingerprint density at radius 1 is 1.21 bits per heavy atom. The number of carbonyl (C=O) groups excluding carboxylic acids is 2. The third-order valence-electron chi connectivity index (χ3n) is 3.82. The average Bonchev–Trinajstić information content (AvgIpc) is 2.43. The maximum atomic E-state index is 12.3. The van der Waals surface area contributed by atoms with Gasteiger partial charge in [-0.15, -0.1) is 0 Å². The molecule has 0 spiro atoms. The van der Waals surface area contributed by atoms with E-state index < -0.39 is 0 Å². The van der Waals surface area contributed by atoms with Gasteiger partial charge in [0.2, 0.25) is 5.91 Å². The lowest BCUT2D eigenvalue weighted by Crippen LogP contribution is -2.47. The third kappa shape index (κ3) is 4.98. The molecule has 132 valence electrons. The summed E-state index contributed by atoms with van der Waals surface area (Å²) in [6.45, 7) is 10.9. The fourth-order valence-corrected chi connectivity index (χ4v) is 3.42. The SMILES string of the molecule is CC(C)(C)CC(C)(C)NC(=O)CCN1C(=O)COc2ccccc21. The molecule has 1 aliphatic heterocycles. The molecule has 0 atom stereocenters. The van der Waals surface area contributed by atoms with Crippen LogP contribution in [0.25, 0.3) is 0 Å². The van der Waals surface area contributed by atoms with Gasteiger partial charge in [-0.2, -0.15) is 0 Å². The molecule has 0 fully saturated rings. The summed E-state index contributed by atoms with van der Waals surface area (Å²) in [4.78, 5) is 26.1. The number of anilines is 1. The van der Waals surface area contributed by atoms with Gasteiger partial charge in [-0.3, -0.25) is 9.59 Å².